The zero-order chi connectivity index (χ0) is 35.9. The second-order valence-corrected chi connectivity index (χ2v) is 14.5. The molecule has 2 unspecified atom stereocenters. The van der Waals surface area contributed by atoms with Crippen molar-refractivity contribution in [2.75, 3.05) is 19.8 Å². The Balaban J connectivity index is 0.000000288. The summed E-state index contributed by atoms with van der Waals surface area (Å²) < 4.78 is 15.7. The van der Waals surface area contributed by atoms with E-state index in [1.807, 2.05) is 59.3 Å². The number of ether oxygens (including phenoxy) is 3. The van der Waals surface area contributed by atoms with E-state index in [4.69, 9.17) is 14.2 Å². The van der Waals surface area contributed by atoms with Crippen molar-refractivity contribution in [3.8, 4) is 0 Å². The summed E-state index contributed by atoms with van der Waals surface area (Å²) in [6.45, 7) is 27.9. The Labute approximate surface area is 294 Å². The summed E-state index contributed by atoms with van der Waals surface area (Å²) in [7, 11) is 0. The molecule has 2 aliphatic heterocycles. The SMILES string of the molecule is CC1CCC(C)CC1.CC1CCC(C)OC1.CC1COC(C)OC1.Cc1ccc(C)cc1.Cc1ccc(C)nc1.Cc1cnc(C)nc1. The van der Waals surface area contributed by atoms with Gasteiger partial charge in [-0.25, -0.2) is 9.97 Å². The first-order valence-electron chi connectivity index (χ1n) is 18.3. The minimum Gasteiger partial charge on any atom is -0.378 e. The van der Waals surface area contributed by atoms with Crippen molar-refractivity contribution in [3.63, 3.8) is 0 Å². The van der Waals surface area contributed by atoms with Gasteiger partial charge in [0.1, 0.15) is 5.82 Å². The molecule has 0 spiro atoms. The molecule has 1 aliphatic carbocycles. The Bertz CT molecular complexity index is 916. The molecule has 0 bridgehead atoms. The molecule has 1 aromatic carbocycles. The van der Waals surface area contributed by atoms with Crippen LogP contribution in [0.1, 0.15) is 114 Å². The van der Waals surface area contributed by atoms with Crippen molar-refractivity contribution in [2.24, 2.45) is 23.7 Å². The summed E-state index contributed by atoms with van der Waals surface area (Å²) in [5.74, 6) is 4.24. The van der Waals surface area contributed by atoms with Crippen LogP contribution in [0.25, 0.3) is 0 Å². The summed E-state index contributed by atoms with van der Waals surface area (Å²) in [5.41, 5.74) is 6.06. The van der Waals surface area contributed by atoms with Gasteiger partial charge in [0.25, 0.3) is 0 Å². The van der Waals surface area contributed by atoms with E-state index < -0.39 is 0 Å². The van der Waals surface area contributed by atoms with Crippen LogP contribution in [0.3, 0.4) is 0 Å². The zero-order valence-corrected chi connectivity index (χ0v) is 32.6. The fourth-order valence-corrected chi connectivity index (χ4v) is 4.77. The van der Waals surface area contributed by atoms with Gasteiger partial charge < -0.3 is 14.2 Å². The van der Waals surface area contributed by atoms with Gasteiger partial charge in [0.15, 0.2) is 6.29 Å². The number of nitrogens with zero attached hydrogens (tertiary/aromatic N) is 3. The third-order valence-corrected chi connectivity index (χ3v) is 8.45. The molecular weight excluding hydrogens is 594 g/mol. The standard InChI is InChI=1S/C8H16.C8H10.C7H9N.C7H14O.C6H8N2.C6H12O2/c2*1-7-3-5-8(2)6-4-7;2*1-6-3-4-7(2)8-5-6;2*1-5-3-7-6(2)8-4-5/h7-8H,3-6H2,1-2H3;3-6H,1-2H3;3-5H,1-2H3;6-7H,3-5H2,1-2H3;3-4H,1-2H3;5-6H,3-4H2,1-2H3. The van der Waals surface area contributed by atoms with Crippen molar-refractivity contribution in [2.45, 2.75) is 134 Å². The molecule has 2 atom stereocenters. The lowest BCUT2D eigenvalue weighted by atomic mass is 9.84. The van der Waals surface area contributed by atoms with Crippen LogP contribution in [0.5, 0.6) is 0 Å². The number of rotatable bonds is 0. The summed E-state index contributed by atoms with van der Waals surface area (Å²) >= 11 is 0. The molecule has 270 valence electrons. The number of pyridine rings is 1. The lowest BCUT2D eigenvalue weighted by molar-refractivity contribution is -0.187. The highest BCUT2D eigenvalue weighted by Crippen LogP contribution is 2.27. The van der Waals surface area contributed by atoms with Crippen LogP contribution < -0.4 is 0 Å². The summed E-state index contributed by atoms with van der Waals surface area (Å²) in [6, 6.07) is 12.5. The van der Waals surface area contributed by atoms with E-state index in [1.165, 1.54) is 55.2 Å². The van der Waals surface area contributed by atoms with Crippen molar-refractivity contribution >= 4 is 0 Å². The van der Waals surface area contributed by atoms with Crippen LogP contribution in [0.4, 0.5) is 0 Å². The van der Waals surface area contributed by atoms with Crippen molar-refractivity contribution < 1.29 is 14.2 Å². The van der Waals surface area contributed by atoms with E-state index in [9.17, 15) is 0 Å². The van der Waals surface area contributed by atoms with Crippen LogP contribution in [-0.4, -0.2) is 47.2 Å². The molecule has 3 fully saturated rings. The monoisotopic (exact) mass is 664 g/mol. The van der Waals surface area contributed by atoms with Crippen LogP contribution in [0, 0.1) is 65.2 Å². The lowest BCUT2D eigenvalue weighted by Crippen LogP contribution is -2.27. The van der Waals surface area contributed by atoms with Gasteiger partial charge in [-0.2, -0.15) is 0 Å². The molecule has 48 heavy (non-hydrogen) atoms. The largest absolute Gasteiger partial charge is 0.378 e. The molecule has 0 N–H and O–H groups in total. The predicted molar refractivity (Wildman–Crippen MR) is 202 cm³/mol. The maximum absolute atomic E-state index is 5.39. The van der Waals surface area contributed by atoms with Gasteiger partial charge in [-0.05, 0) is 103 Å². The third kappa shape index (κ3) is 23.6. The molecule has 0 amide bonds. The minimum absolute atomic E-state index is 0.0196. The number of hydrogen-bond acceptors (Lipinski definition) is 6. The molecule has 2 aromatic heterocycles. The molecule has 6 rings (SSSR count). The maximum Gasteiger partial charge on any atom is 0.154 e. The van der Waals surface area contributed by atoms with E-state index in [0.717, 1.165) is 54.7 Å². The highest BCUT2D eigenvalue weighted by molar-refractivity contribution is 5.19. The van der Waals surface area contributed by atoms with Gasteiger partial charge in [0, 0.05) is 36.8 Å². The average Bonchev–Trinajstić information content (AvgIpc) is 3.07. The average molecular weight is 664 g/mol. The highest BCUT2D eigenvalue weighted by Gasteiger charge is 2.14. The number of aryl methyl sites for hydroxylation is 6. The number of hydrogen-bond donors (Lipinski definition) is 0. The fourth-order valence-electron chi connectivity index (χ4n) is 4.77. The second-order valence-electron chi connectivity index (χ2n) is 14.5. The maximum atomic E-state index is 5.39. The van der Waals surface area contributed by atoms with Crippen LogP contribution in [-0.2, 0) is 14.2 Å². The summed E-state index contributed by atoms with van der Waals surface area (Å²) in [5, 5.41) is 0. The first-order chi connectivity index (χ1) is 22.7. The van der Waals surface area contributed by atoms with Gasteiger partial charge >= 0.3 is 0 Å². The smallest absolute Gasteiger partial charge is 0.154 e. The van der Waals surface area contributed by atoms with Crippen molar-refractivity contribution in [1.29, 1.82) is 0 Å². The molecule has 6 heteroatoms. The Morgan fingerprint density at radius 3 is 1.19 bits per heavy atom. The summed E-state index contributed by atoms with van der Waals surface area (Å²) in [6.07, 6.45) is 14.5. The molecule has 3 aliphatic rings. The van der Waals surface area contributed by atoms with Crippen LogP contribution in [0.2, 0.25) is 0 Å². The molecule has 6 nitrogen and oxygen atoms in total. The van der Waals surface area contributed by atoms with Crippen LogP contribution >= 0.6 is 0 Å². The van der Waals surface area contributed by atoms with Crippen LogP contribution in [0.15, 0.2) is 55.0 Å². The second kappa shape index (κ2) is 25.3. The Morgan fingerprint density at radius 2 is 0.854 bits per heavy atom. The summed E-state index contributed by atoms with van der Waals surface area (Å²) in [4.78, 5) is 12.0. The Kier molecular flexibility index (Phi) is 22.9. The van der Waals surface area contributed by atoms with Gasteiger partial charge in [-0.1, -0.05) is 94.8 Å². The lowest BCUT2D eigenvalue weighted by Gasteiger charge is -2.24. The fraction of sp³-hybridized carbons (Fsp3) is 0.643. The highest BCUT2D eigenvalue weighted by atomic mass is 16.7. The van der Waals surface area contributed by atoms with E-state index >= 15 is 0 Å². The van der Waals surface area contributed by atoms with Gasteiger partial charge in [0.2, 0.25) is 0 Å². The number of aromatic nitrogens is 3. The van der Waals surface area contributed by atoms with Gasteiger partial charge in [-0.15, -0.1) is 0 Å². The van der Waals surface area contributed by atoms with Gasteiger partial charge in [0.05, 0.1) is 19.3 Å². The van der Waals surface area contributed by atoms with Crippen molar-refractivity contribution in [3.05, 3.63) is 88.8 Å². The first-order valence-corrected chi connectivity index (χ1v) is 18.3. The predicted octanol–water partition coefficient (Wildman–Crippen LogP) is 10.8. The molecule has 3 aromatic rings. The normalized spacial score (nSPS) is 24.5. The van der Waals surface area contributed by atoms with Gasteiger partial charge in [-0.3, -0.25) is 4.98 Å². The molecule has 4 heterocycles. The Morgan fingerprint density at radius 1 is 0.438 bits per heavy atom. The van der Waals surface area contributed by atoms with E-state index in [-0.39, 0.29) is 6.29 Å². The number of benzene rings is 1. The molecule has 1 saturated carbocycles. The first kappa shape index (κ1) is 43.4. The molecule has 2 saturated heterocycles. The quantitative estimate of drug-likeness (QED) is 0.238. The molecule has 0 radical (unpaired) electrons. The zero-order valence-electron chi connectivity index (χ0n) is 32.6. The third-order valence-electron chi connectivity index (χ3n) is 8.45. The minimum atomic E-state index is 0.0196. The van der Waals surface area contributed by atoms with E-state index in [0.29, 0.717) is 12.0 Å². The Hall–Kier alpha value is -2.67. The molecular formula is C42H69N3O3. The van der Waals surface area contributed by atoms with E-state index in [2.05, 4.69) is 93.7 Å². The topological polar surface area (TPSA) is 66.4 Å². The van der Waals surface area contributed by atoms with E-state index in [1.54, 1.807) is 0 Å². The van der Waals surface area contributed by atoms with Crippen molar-refractivity contribution in [1.82, 2.24) is 15.0 Å².